The maximum atomic E-state index is 10.8. The molecule has 0 aromatic carbocycles. The van der Waals surface area contributed by atoms with Gasteiger partial charge in [-0.2, -0.15) is 0 Å². The second-order valence-electron chi connectivity index (χ2n) is 4.59. The van der Waals surface area contributed by atoms with Crippen LogP contribution in [0.25, 0.3) is 0 Å². The Morgan fingerprint density at radius 1 is 1.56 bits per heavy atom. The van der Waals surface area contributed by atoms with Crippen molar-refractivity contribution in [3.05, 3.63) is 0 Å². The number of carbonyl (C=O) groups is 1. The Morgan fingerprint density at radius 2 is 2.31 bits per heavy atom. The van der Waals surface area contributed by atoms with Gasteiger partial charge < -0.3 is 9.64 Å². The van der Waals surface area contributed by atoms with E-state index in [4.69, 9.17) is 0 Å². The van der Waals surface area contributed by atoms with Crippen LogP contribution in [-0.2, 0) is 9.53 Å². The Kier molecular flexibility index (Phi) is 5.34. The lowest BCUT2D eigenvalue weighted by molar-refractivity contribution is -0.133. The zero-order valence-corrected chi connectivity index (χ0v) is 10.5. The van der Waals surface area contributed by atoms with E-state index >= 15 is 0 Å². The first-order valence-electron chi connectivity index (χ1n) is 5.94. The molecule has 0 spiro atoms. The Balaban J connectivity index is 2.36. The van der Waals surface area contributed by atoms with Crippen molar-refractivity contribution in [3.8, 4) is 11.8 Å². The number of carbonyl (C=O) groups excluding carboxylic acids is 1. The fourth-order valence-electron chi connectivity index (χ4n) is 2.05. The van der Waals surface area contributed by atoms with E-state index in [0.29, 0.717) is 12.0 Å². The molecule has 90 valence electrons. The summed E-state index contributed by atoms with van der Waals surface area (Å²) >= 11 is 0. The van der Waals surface area contributed by atoms with Crippen LogP contribution < -0.4 is 0 Å². The van der Waals surface area contributed by atoms with Gasteiger partial charge in [0.2, 0.25) is 0 Å². The van der Waals surface area contributed by atoms with Gasteiger partial charge in [-0.1, -0.05) is 5.92 Å². The number of rotatable bonds is 2. The summed E-state index contributed by atoms with van der Waals surface area (Å²) in [7, 11) is 1.36. The number of ether oxygens (including phenoxy) is 1. The molecular weight excluding hydrogens is 202 g/mol. The lowest BCUT2D eigenvalue weighted by Crippen LogP contribution is -2.39. The number of likely N-dealkylation sites (tertiary alicyclic amines) is 1. The van der Waals surface area contributed by atoms with Crippen molar-refractivity contribution in [2.24, 2.45) is 5.92 Å². The highest BCUT2D eigenvalue weighted by Gasteiger charge is 2.20. The van der Waals surface area contributed by atoms with Crippen LogP contribution in [0.4, 0.5) is 0 Å². The summed E-state index contributed by atoms with van der Waals surface area (Å²) in [5.74, 6) is 5.58. The minimum atomic E-state index is -0.434. The molecule has 0 bridgehead atoms. The summed E-state index contributed by atoms with van der Waals surface area (Å²) in [5.41, 5.74) is 0. The maximum absolute atomic E-state index is 10.8. The molecule has 3 nitrogen and oxygen atoms in total. The van der Waals surface area contributed by atoms with Crippen LogP contribution in [0, 0.1) is 17.8 Å². The minimum Gasteiger partial charge on any atom is -0.459 e. The molecule has 1 aliphatic rings. The molecule has 1 heterocycles. The molecule has 1 saturated heterocycles. The van der Waals surface area contributed by atoms with Gasteiger partial charge in [0.25, 0.3) is 0 Å². The molecule has 1 fully saturated rings. The molecule has 1 atom stereocenters. The van der Waals surface area contributed by atoms with Crippen molar-refractivity contribution in [1.82, 2.24) is 4.90 Å². The summed E-state index contributed by atoms with van der Waals surface area (Å²) < 4.78 is 4.48. The Hall–Kier alpha value is -1.01. The molecule has 0 aromatic rings. The zero-order valence-electron chi connectivity index (χ0n) is 10.5. The Labute approximate surface area is 98.1 Å². The molecule has 0 N–H and O–H groups in total. The highest BCUT2D eigenvalue weighted by atomic mass is 16.5. The molecule has 16 heavy (non-hydrogen) atoms. The number of hydrogen-bond donors (Lipinski definition) is 0. The van der Waals surface area contributed by atoms with Crippen molar-refractivity contribution < 1.29 is 9.53 Å². The summed E-state index contributed by atoms with van der Waals surface area (Å²) in [5, 5.41) is 0. The summed E-state index contributed by atoms with van der Waals surface area (Å²) in [6.07, 6.45) is 3.26. The zero-order chi connectivity index (χ0) is 12.0. The molecule has 0 aliphatic carbocycles. The predicted molar refractivity (Wildman–Crippen MR) is 63.8 cm³/mol. The van der Waals surface area contributed by atoms with Gasteiger partial charge >= 0.3 is 5.97 Å². The lowest BCUT2D eigenvalue weighted by Gasteiger charge is -2.34. The first kappa shape index (κ1) is 13.1. The van der Waals surface area contributed by atoms with Crippen LogP contribution in [0.5, 0.6) is 0 Å². The van der Waals surface area contributed by atoms with Crippen LogP contribution in [-0.4, -0.2) is 37.1 Å². The smallest absolute Gasteiger partial charge is 0.384 e. The van der Waals surface area contributed by atoms with E-state index in [1.807, 2.05) is 0 Å². The predicted octanol–water partition coefficient (Wildman–Crippen LogP) is 1.67. The topological polar surface area (TPSA) is 29.5 Å². The van der Waals surface area contributed by atoms with Gasteiger partial charge in [0.15, 0.2) is 0 Å². The molecule has 0 amide bonds. The van der Waals surface area contributed by atoms with E-state index in [0.717, 1.165) is 13.0 Å². The Bertz CT molecular complexity index is 288. The van der Waals surface area contributed by atoms with Crippen molar-refractivity contribution in [3.63, 3.8) is 0 Å². The molecular formula is C13H21NO2. The van der Waals surface area contributed by atoms with Gasteiger partial charge in [0, 0.05) is 24.9 Å². The van der Waals surface area contributed by atoms with E-state index in [1.165, 1.54) is 26.5 Å². The largest absolute Gasteiger partial charge is 0.459 e. The van der Waals surface area contributed by atoms with Crippen LogP contribution in [0.1, 0.15) is 33.1 Å². The third-order valence-electron chi connectivity index (χ3n) is 3.05. The van der Waals surface area contributed by atoms with E-state index in [1.54, 1.807) is 0 Å². The fraction of sp³-hybridized carbons (Fsp3) is 0.769. The highest BCUT2D eigenvalue weighted by Crippen LogP contribution is 2.20. The van der Waals surface area contributed by atoms with Gasteiger partial charge in [0.1, 0.15) is 0 Å². The first-order chi connectivity index (χ1) is 7.63. The van der Waals surface area contributed by atoms with Gasteiger partial charge in [-0.15, -0.1) is 0 Å². The van der Waals surface area contributed by atoms with Crippen molar-refractivity contribution in [2.75, 3.05) is 20.2 Å². The number of esters is 1. The number of piperidine rings is 1. The molecule has 3 heteroatoms. The van der Waals surface area contributed by atoms with Crippen LogP contribution in [0.15, 0.2) is 0 Å². The van der Waals surface area contributed by atoms with Gasteiger partial charge in [-0.3, -0.25) is 0 Å². The van der Waals surface area contributed by atoms with E-state index in [9.17, 15) is 4.79 Å². The molecule has 0 aromatic heterocycles. The lowest BCUT2D eigenvalue weighted by atomic mass is 9.94. The second-order valence-corrected chi connectivity index (χ2v) is 4.59. The van der Waals surface area contributed by atoms with E-state index in [-0.39, 0.29) is 0 Å². The van der Waals surface area contributed by atoms with Crippen molar-refractivity contribution in [2.45, 2.75) is 39.2 Å². The number of hydrogen-bond acceptors (Lipinski definition) is 3. The normalized spacial score (nSPS) is 21.4. The number of nitrogens with zero attached hydrogens (tertiary/aromatic N) is 1. The van der Waals surface area contributed by atoms with Gasteiger partial charge in [-0.05, 0) is 39.2 Å². The summed E-state index contributed by atoms with van der Waals surface area (Å²) in [4.78, 5) is 13.3. The average molecular weight is 223 g/mol. The first-order valence-corrected chi connectivity index (χ1v) is 5.94. The fourth-order valence-corrected chi connectivity index (χ4v) is 2.05. The molecule has 1 aliphatic heterocycles. The van der Waals surface area contributed by atoms with E-state index < -0.39 is 5.97 Å². The van der Waals surface area contributed by atoms with Gasteiger partial charge in [-0.25, -0.2) is 4.79 Å². The number of methoxy groups -OCH3 is 1. The molecule has 0 radical (unpaired) electrons. The van der Waals surface area contributed by atoms with E-state index in [2.05, 4.69) is 35.3 Å². The maximum Gasteiger partial charge on any atom is 0.384 e. The highest BCUT2D eigenvalue weighted by molar-refractivity contribution is 5.88. The monoisotopic (exact) mass is 223 g/mol. The third kappa shape index (κ3) is 4.24. The van der Waals surface area contributed by atoms with Gasteiger partial charge in [0.05, 0.1) is 7.11 Å². The third-order valence-corrected chi connectivity index (χ3v) is 3.05. The molecule has 0 saturated carbocycles. The van der Waals surface area contributed by atoms with Crippen LogP contribution in [0.3, 0.4) is 0 Å². The quantitative estimate of drug-likeness (QED) is 0.405. The standard InChI is InChI=1S/C13H21NO2/c1-11(2)14-9-5-7-12(10-14)6-4-8-13(15)16-3/h11-12H,5-7,9-10H2,1-3H3. The summed E-state index contributed by atoms with van der Waals surface area (Å²) in [6.45, 7) is 6.75. The van der Waals surface area contributed by atoms with Crippen LogP contribution in [0.2, 0.25) is 0 Å². The SMILES string of the molecule is COC(=O)C#CCC1CCCN(C(C)C)C1. The Morgan fingerprint density at radius 3 is 2.94 bits per heavy atom. The van der Waals surface area contributed by atoms with Crippen molar-refractivity contribution >= 4 is 5.97 Å². The minimum absolute atomic E-state index is 0.434. The summed E-state index contributed by atoms with van der Waals surface area (Å²) in [6, 6.07) is 0.608. The molecule has 1 unspecified atom stereocenters. The molecule has 1 rings (SSSR count). The average Bonchev–Trinajstić information content (AvgIpc) is 2.29. The van der Waals surface area contributed by atoms with Crippen molar-refractivity contribution in [1.29, 1.82) is 0 Å². The van der Waals surface area contributed by atoms with Crippen LogP contribution >= 0.6 is 0 Å². The second kappa shape index (κ2) is 6.55.